The van der Waals surface area contributed by atoms with Crippen LogP contribution in [0, 0.1) is 5.92 Å². The smallest absolute Gasteiger partial charge is 0.316 e. The summed E-state index contributed by atoms with van der Waals surface area (Å²) < 4.78 is 1.16. The predicted octanol–water partition coefficient (Wildman–Crippen LogP) is 5.95. The van der Waals surface area contributed by atoms with Crippen LogP contribution in [-0.4, -0.2) is 23.6 Å². The Balaban J connectivity index is 1.26. The van der Waals surface area contributed by atoms with Crippen molar-refractivity contribution in [3.05, 3.63) is 77.1 Å². The zero-order valence-electron chi connectivity index (χ0n) is 18.4. The van der Waals surface area contributed by atoms with Crippen LogP contribution in [0.3, 0.4) is 0 Å². The number of urea groups is 1. The van der Waals surface area contributed by atoms with E-state index < -0.39 is 0 Å². The van der Waals surface area contributed by atoms with E-state index >= 15 is 0 Å². The number of allylic oxidation sites excluding steroid dienone is 8. The molecular formula is C27H34N3O+. The first-order valence-corrected chi connectivity index (χ1v) is 11.9. The van der Waals surface area contributed by atoms with E-state index in [4.69, 9.17) is 0 Å². The molecule has 2 amide bonds. The molecule has 2 aliphatic carbocycles. The van der Waals surface area contributed by atoms with Gasteiger partial charge in [-0.25, -0.2) is 4.79 Å². The maximum absolute atomic E-state index is 12.6. The second kappa shape index (κ2) is 8.88. The molecule has 2 N–H and O–H groups in total. The normalized spacial score (nSPS) is 26.9. The molecule has 2 unspecified atom stereocenters. The summed E-state index contributed by atoms with van der Waals surface area (Å²) in [6.07, 6.45) is 21.4. The Morgan fingerprint density at radius 2 is 2.06 bits per heavy atom. The van der Waals surface area contributed by atoms with Gasteiger partial charge in [0.1, 0.15) is 13.1 Å². The van der Waals surface area contributed by atoms with E-state index in [-0.39, 0.29) is 6.03 Å². The fourth-order valence-corrected chi connectivity index (χ4v) is 5.90. The number of carbonyl (C=O) groups excluding carboxylic acids is 1. The van der Waals surface area contributed by atoms with Gasteiger partial charge in [-0.05, 0) is 57.1 Å². The molecule has 2 heterocycles. The first-order chi connectivity index (χ1) is 15.2. The molecule has 0 radical (unpaired) electrons. The third-order valence-electron chi connectivity index (χ3n) is 7.29. The van der Waals surface area contributed by atoms with Gasteiger partial charge in [0, 0.05) is 22.7 Å². The zero-order chi connectivity index (χ0) is 21.1. The average molecular weight is 417 g/mol. The highest BCUT2D eigenvalue weighted by Crippen LogP contribution is 2.40. The standard InChI is InChI=1S/C27H33N3O/c31-27(28-24-13-5-2-6-14-24)29-26-15-7-12-23-19-30(20-25(23)26)16-8-11-22(18-30)17-21-9-3-1-4-10-21/h2-3,5,7,9-10,12-13,15,22H,1,4,6,8,11,14,16-20H2,(H-,28,29,31)/p+1. The van der Waals surface area contributed by atoms with E-state index in [9.17, 15) is 4.79 Å². The van der Waals surface area contributed by atoms with Gasteiger partial charge in [0.25, 0.3) is 0 Å². The first kappa shape index (κ1) is 20.3. The topological polar surface area (TPSA) is 41.1 Å². The summed E-state index contributed by atoms with van der Waals surface area (Å²) in [6, 6.07) is 6.29. The Labute approximate surface area is 186 Å². The lowest BCUT2D eigenvalue weighted by atomic mass is 9.88. The van der Waals surface area contributed by atoms with Gasteiger partial charge in [-0.2, -0.15) is 0 Å². The number of hydrogen-bond acceptors (Lipinski definition) is 1. The van der Waals surface area contributed by atoms with E-state index in [0.717, 1.165) is 47.7 Å². The van der Waals surface area contributed by atoms with Crippen molar-refractivity contribution < 1.29 is 9.28 Å². The van der Waals surface area contributed by atoms with Crippen LogP contribution in [0.4, 0.5) is 10.5 Å². The lowest BCUT2D eigenvalue weighted by molar-refractivity contribution is -0.954. The van der Waals surface area contributed by atoms with Crippen molar-refractivity contribution in [2.24, 2.45) is 5.92 Å². The van der Waals surface area contributed by atoms with E-state index in [1.54, 1.807) is 5.57 Å². The molecule has 0 aromatic heterocycles. The number of nitrogens with zero attached hydrogens (tertiary/aromatic N) is 1. The van der Waals surface area contributed by atoms with Crippen LogP contribution < -0.4 is 10.6 Å². The van der Waals surface area contributed by atoms with Crippen LogP contribution in [0.25, 0.3) is 0 Å². The third kappa shape index (κ3) is 4.69. The maximum Gasteiger partial charge on any atom is 0.323 e. The van der Waals surface area contributed by atoms with Crippen LogP contribution in [0.2, 0.25) is 0 Å². The van der Waals surface area contributed by atoms with Crippen LogP contribution >= 0.6 is 0 Å². The SMILES string of the molecule is O=C(NC1=CC=CCC1)Nc1cccc2c1C[N+]1(CCCC(CC3=CCCC=C3)C1)C2. The molecule has 1 saturated heterocycles. The number of quaternary nitrogens is 1. The van der Waals surface area contributed by atoms with Gasteiger partial charge in [0.2, 0.25) is 0 Å². The Hall–Kier alpha value is -2.59. The van der Waals surface area contributed by atoms with E-state index in [1.165, 1.54) is 56.3 Å². The summed E-state index contributed by atoms with van der Waals surface area (Å²) >= 11 is 0. The minimum Gasteiger partial charge on any atom is -0.316 e. The molecule has 4 heteroatoms. The molecule has 4 aliphatic rings. The van der Waals surface area contributed by atoms with Crippen molar-refractivity contribution in [1.29, 1.82) is 0 Å². The number of carbonyl (C=O) groups is 1. The Morgan fingerprint density at radius 1 is 1.10 bits per heavy atom. The summed E-state index contributed by atoms with van der Waals surface area (Å²) in [4.78, 5) is 12.6. The number of fused-ring (bicyclic) bond motifs is 1. The molecule has 5 rings (SSSR count). The van der Waals surface area contributed by atoms with Crippen LogP contribution in [-0.2, 0) is 13.1 Å². The van der Waals surface area contributed by atoms with Crippen molar-refractivity contribution in [1.82, 2.24) is 5.32 Å². The fourth-order valence-electron chi connectivity index (χ4n) is 5.90. The summed E-state index contributed by atoms with van der Waals surface area (Å²) in [6.45, 7) is 4.66. The first-order valence-electron chi connectivity index (χ1n) is 11.9. The molecule has 0 saturated carbocycles. The van der Waals surface area contributed by atoms with Crippen molar-refractivity contribution in [2.75, 3.05) is 18.4 Å². The number of anilines is 1. The number of nitrogens with one attached hydrogen (secondary N) is 2. The molecular weight excluding hydrogens is 382 g/mol. The number of benzene rings is 1. The monoisotopic (exact) mass is 416 g/mol. The molecule has 162 valence electrons. The third-order valence-corrected chi connectivity index (χ3v) is 7.29. The van der Waals surface area contributed by atoms with Gasteiger partial charge >= 0.3 is 6.03 Å². The van der Waals surface area contributed by atoms with Crippen LogP contribution in [0.5, 0.6) is 0 Å². The van der Waals surface area contributed by atoms with E-state index in [2.05, 4.69) is 53.1 Å². The number of hydrogen-bond donors (Lipinski definition) is 2. The van der Waals surface area contributed by atoms with Gasteiger partial charge < -0.3 is 15.1 Å². The van der Waals surface area contributed by atoms with E-state index in [1.807, 2.05) is 12.2 Å². The quantitative estimate of drug-likeness (QED) is 0.585. The maximum atomic E-state index is 12.6. The lowest BCUT2D eigenvalue weighted by Crippen LogP contribution is -2.50. The molecule has 1 spiro atoms. The van der Waals surface area contributed by atoms with Crippen molar-refractivity contribution in [2.45, 2.75) is 58.0 Å². The van der Waals surface area contributed by atoms with Crippen molar-refractivity contribution in [3.8, 4) is 0 Å². The van der Waals surface area contributed by atoms with Crippen LogP contribution in [0.1, 0.15) is 56.1 Å². The van der Waals surface area contributed by atoms with Gasteiger partial charge in [0.15, 0.2) is 0 Å². The molecule has 4 nitrogen and oxygen atoms in total. The fraction of sp³-hybridized carbons (Fsp3) is 0.444. The highest BCUT2D eigenvalue weighted by molar-refractivity contribution is 5.91. The number of amides is 2. The zero-order valence-corrected chi connectivity index (χ0v) is 18.4. The number of piperidine rings is 1. The average Bonchev–Trinajstić information content (AvgIpc) is 3.13. The number of rotatable bonds is 4. The van der Waals surface area contributed by atoms with Gasteiger partial charge in [-0.3, -0.25) is 0 Å². The summed E-state index contributed by atoms with van der Waals surface area (Å²) in [5, 5.41) is 6.17. The highest BCUT2D eigenvalue weighted by Gasteiger charge is 2.41. The molecule has 2 atom stereocenters. The summed E-state index contributed by atoms with van der Waals surface area (Å²) in [7, 11) is 0. The largest absolute Gasteiger partial charge is 0.323 e. The highest BCUT2D eigenvalue weighted by atomic mass is 16.2. The molecule has 31 heavy (non-hydrogen) atoms. The molecule has 1 aromatic rings. The van der Waals surface area contributed by atoms with Gasteiger partial charge in [0.05, 0.1) is 18.8 Å². The Morgan fingerprint density at radius 3 is 2.90 bits per heavy atom. The van der Waals surface area contributed by atoms with E-state index in [0.29, 0.717) is 0 Å². The molecule has 1 aromatic carbocycles. The molecule has 0 bridgehead atoms. The summed E-state index contributed by atoms with van der Waals surface area (Å²) in [5.74, 6) is 0.767. The Bertz CT molecular complexity index is 971. The Kier molecular flexibility index (Phi) is 5.82. The lowest BCUT2D eigenvalue weighted by Gasteiger charge is -2.41. The second-order valence-electron chi connectivity index (χ2n) is 9.72. The minimum absolute atomic E-state index is 0.124. The predicted molar refractivity (Wildman–Crippen MR) is 126 cm³/mol. The molecule has 1 fully saturated rings. The second-order valence-corrected chi connectivity index (χ2v) is 9.72. The van der Waals surface area contributed by atoms with Crippen molar-refractivity contribution in [3.63, 3.8) is 0 Å². The van der Waals surface area contributed by atoms with Gasteiger partial charge in [-0.15, -0.1) is 0 Å². The van der Waals surface area contributed by atoms with Gasteiger partial charge in [-0.1, -0.05) is 48.1 Å². The molecule has 2 aliphatic heterocycles. The minimum atomic E-state index is -0.124. The van der Waals surface area contributed by atoms with Crippen LogP contribution in [0.15, 0.2) is 65.9 Å². The van der Waals surface area contributed by atoms with Crippen molar-refractivity contribution >= 4 is 11.7 Å². The summed E-state index contributed by atoms with van der Waals surface area (Å²) in [5.41, 5.74) is 6.26.